The molecular formula is C17H15ClN2O3S. The molecule has 2 aromatic carbocycles. The van der Waals surface area contributed by atoms with E-state index >= 15 is 0 Å². The monoisotopic (exact) mass is 362 g/mol. The number of hydrogen-bond donors (Lipinski definition) is 2. The molecular weight excluding hydrogens is 348 g/mol. The van der Waals surface area contributed by atoms with E-state index in [1.807, 2.05) is 13.0 Å². The SMILES string of the molecule is COc1ccc(NC(=O)c2ccc3c(c2)NC(=O)C(C)S3)cc1Cl. The van der Waals surface area contributed by atoms with Crippen LogP contribution in [-0.4, -0.2) is 24.2 Å². The molecule has 24 heavy (non-hydrogen) atoms. The molecule has 0 bridgehead atoms. The quantitative estimate of drug-likeness (QED) is 0.864. The van der Waals surface area contributed by atoms with E-state index in [0.29, 0.717) is 27.7 Å². The molecule has 0 aliphatic carbocycles. The number of hydrogen-bond acceptors (Lipinski definition) is 4. The summed E-state index contributed by atoms with van der Waals surface area (Å²) in [6.45, 7) is 1.84. The largest absolute Gasteiger partial charge is 0.495 e. The maximum absolute atomic E-state index is 12.4. The molecule has 0 saturated carbocycles. The number of carbonyl (C=O) groups excluding carboxylic acids is 2. The lowest BCUT2D eigenvalue weighted by Crippen LogP contribution is -2.26. The average molecular weight is 363 g/mol. The Bertz CT molecular complexity index is 825. The van der Waals surface area contributed by atoms with E-state index in [-0.39, 0.29) is 17.1 Å². The van der Waals surface area contributed by atoms with Gasteiger partial charge in [-0.2, -0.15) is 0 Å². The summed E-state index contributed by atoms with van der Waals surface area (Å²) in [4.78, 5) is 25.1. The van der Waals surface area contributed by atoms with Gasteiger partial charge in [-0.05, 0) is 43.3 Å². The number of thioether (sulfide) groups is 1. The molecule has 1 unspecified atom stereocenters. The van der Waals surface area contributed by atoms with Crippen molar-refractivity contribution in [2.24, 2.45) is 0 Å². The summed E-state index contributed by atoms with van der Waals surface area (Å²) in [7, 11) is 1.53. The van der Waals surface area contributed by atoms with Crippen molar-refractivity contribution in [1.82, 2.24) is 0 Å². The van der Waals surface area contributed by atoms with Crippen LogP contribution >= 0.6 is 23.4 Å². The first-order chi connectivity index (χ1) is 11.5. The summed E-state index contributed by atoms with van der Waals surface area (Å²) in [5.74, 6) is 0.196. The molecule has 0 radical (unpaired) electrons. The summed E-state index contributed by atoms with van der Waals surface area (Å²) in [5.41, 5.74) is 1.68. The van der Waals surface area contributed by atoms with Gasteiger partial charge in [0.15, 0.2) is 0 Å². The average Bonchev–Trinajstić information content (AvgIpc) is 2.55. The minimum absolute atomic E-state index is 0.0630. The number of ether oxygens (including phenoxy) is 1. The van der Waals surface area contributed by atoms with Gasteiger partial charge in [0, 0.05) is 16.1 Å². The second kappa shape index (κ2) is 6.75. The maximum Gasteiger partial charge on any atom is 0.255 e. The lowest BCUT2D eigenvalue weighted by atomic mass is 10.1. The van der Waals surface area contributed by atoms with Crippen LogP contribution in [0.3, 0.4) is 0 Å². The molecule has 1 heterocycles. The van der Waals surface area contributed by atoms with Gasteiger partial charge < -0.3 is 15.4 Å². The molecule has 0 spiro atoms. The van der Waals surface area contributed by atoms with Crippen molar-refractivity contribution in [2.75, 3.05) is 17.7 Å². The van der Waals surface area contributed by atoms with E-state index in [4.69, 9.17) is 16.3 Å². The Labute approximate surface area is 148 Å². The number of benzene rings is 2. The number of methoxy groups -OCH3 is 1. The van der Waals surface area contributed by atoms with Gasteiger partial charge in [-0.1, -0.05) is 11.6 Å². The fourth-order valence-electron chi connectivity index (χ4n) is 2.30. The molecule has 2 aromatic rings. The minimum Gasteiger partial charge on any atom is -0.495 e. The van der Waals surface area contributed by atoms with Gasteiger partial charge in [-0.25, -0.2) is 0 Å². The molecule has 5 nitrogen and oxygen atoms in total. The van der Waals surface area contributed by atoms with Crippen LogP contribution in [-0.2, 0) is 4.79 Å². The molecule has 2 N–H and O–H groups in total. The zero-order valence-electron chi connectivity index (χ0n) is 13.1. The molecule has 1 aliphatic heterocycles. The lowest BCUT2D eigenvalue weighted by molar-refractivity contribution is -0.115. The summed E-state index contributed by atoms with van der Waals surface area (Å²) in [5, 5.41) is 5.87. The summed E-state index contributed by atoms with van der Waals surface area (Å²) in [6.07, 6.45) is 0. The van der Waals surface area contributed by atoms with Crippen molar-refractivity contribution in [1.29, 1.82) is 0 Å². The van der Waals surface area contributed by atoms with Gasteiger partial charge in [-0.15, -0.1) is 11.8 Å². The van der Waals surface area contributed by atoms with Gasteiger partial charge in [0.1, 0.15) is 5.75 Å². The van der Waals surface area contributed by atoms with Crippen LogP contribution in [0.2, 0.25) is 5.02 Å². The third-order valence-electron chi connectivity index (χ3n) is 3.58. The number of anilines is 2. The second-order valence-electron chi connectivity index (χ2n) is 5.26. The minimum atomic E-state index is -0.281. The molecule has 0 fully saturated rings. The maximum atomic E-state index is 12.4. The highest BCUT2D eigenvalue weighted by atomic mass is 35.5. The van der Waals surface area contributed by atoms with Gasteiger partial charge in [0.2, 0.25) is 5.91 Å². The molecule has 0 saturated heterocycles. The standard InChI is InChI=1S/C17H15ClN2O3S/c1-9-16(21)20-13-7-10(3-6-15(13)24-9)17(22)19-11-4-5-14(23-2)12(18)8-11/h3-9H,1-2H3,(H,19,22)(H,20,21). The number of rotatable bonds is 3. The number of fused-ring (bicyclic) bond motifs is 1. The van der Waals surface area contributed by atoms with Crippen LogP contribution in [0.25, 0.3) is 0 Å². The number of halogens is 1. The van der Waals surface area contributed by atoms with Crippen molar-refractivity contribution >= 4 is 46.6 Å². The van der Waals surface area contributed by atoms with Crippen LogP contribution in [0, 0.1) is 0 Å². The Morgan fingerprint density at radius 3 is 2.79 bits per heavy atom. The van der Waals surface area contributed by atoms with Crippen LogP contribution < -0.4 is 15.4 Å². The number of carbonyl (C=O) groups is 2. The predicted molar refractivity (Wildman–Crippen MR) is 96.3 cm³/mol. The number of nitrogens with one attached hydrogen (secondary N) is 2. The predicted octanol–water partition coefficient (Wildman–Crippen LogP) is 4.03. The van der Waals surface area contributed by atoms with Gasteiger partial charge in [0.05, 0.1) is 23.1 Å². The first-order valence-electron chi connectivity index (χ1n) is 7.24. The molecule has 3 rings (SSSR count). The Kier molecular flexibility index (Phi) is 4.69. The molecule has 1 atom stereocenters. The first kappa shape index (κ1) is 16.7. The smallest absolute Gasteiger partial charge is 0.255 e. The zero-order chi connectivity index (χ0) is 17.3. The van der Waals surface area contributed by atoms with Crippen LogP contribution in [0.1, 0.15) is 17.3 Å². The van der Waals surface area contributed by atoms with E-state index in [1.165, 1.54) is 18.9 Å². The highest BCUT2D eigenvalue weighted by Crippen LogP contribution is 2.36. The molecule has 0 aromatic heterocycles. The van der Waals surface area contributed by atoms with Gasteiger partial charge in [0.25, 0.3) is 5.91 Å². The van der Waals surface area contributed by atoms with Gasteiger partial charge in [-0.3, -0.25) is 9.59 Å². The van der Waals surface area contributed by atoms with Crippen molar-refractivity contribution in [3.63, 3.8) is 0 Å². The van der Waals surface area contributed by atoms with Crippen LogP contribution in [0.15, 0.2) is 41.3 Å². The fourth-order valence-corrected chi connectivity index (χ4v) is 3.49. The van der Waals surface area contributed by atoms with E-state index in [1.54, 1.807) is 30.3 Å². The lowest BCUT2D eigenvalue weighted by Gasteiger charge is -2.21. The molecule has 7 heteroatoms. The summed E-state index contributed by atoms with van der Waals surface area (Å²) >= 11 is 7.53. The number of amides is 2. The summed E-state index contributed by atoms with van der Waals surface area (Å²) < 4.78 is 5.08. The highest BCUT2D eigenvalue weighted by Gasteiger charge is 2.23. The Balaban J connectivity index is 1.80. The topological polar surface area (TPSA) is 67.4 Å². The highest BCUT2D eigenvalue weighted by molar-refractivity contribution is 8.00. The zero-order valence-corrected chi connectivity index (χ0v) is 14.6. The third-order valence-corrected chi connectivity index (χ3v) is 5.06. The van der Waals surface area contributed by atoms with E-state index in [0.717, 1.165) is 4.90 Å². The Morgan fingerprint density at radius 1 is 1.29 bits per heavy atom. The van der Waals surface area contributed by atoms with Crippen molar-refractivity contribution < 1.29 is 14.3 Å². The Morgan fingerprint density at radius 2 is 2.08 bits per heavy atom. The molecule has 2 amide bonds. The van der Waals surface area contributed by atoms with Crippen LogP contribution in [0.4, 0.5) is 11.4 Å². The van der Waals surface area contributed by atoms with Crippen LogP contribution in [0.5, 0.6) is 5.75 Å². The van der Waals surface area contributed by atoms with Crippen molar-refractivity contribution in [2.45, 2.75) is 17.1 Å². The van der Waals surface area contributed by atoms with E-state index < -0.39 is 0 Å². The Hall–Kier alpha value is -2.18. The third kappa shape index (κ3) is 3.34. The summed E-state index contributed by atoms with van der Waals surface area (Å²) in [6, 6.07) is 10.3. The first-order valence-corrected chi connectivity index (χ1v) is 8.50. The van der Waals surface area contributed by atoms with Gasteiger partial charge >= 0.3 is 0 Å². The van der Waals surface area contributed by atoms with Crippen molar-refractivity contribution in [3.8, 4) is 5.75 Å². The second-order valence-corrected chi connectivity index (χ2v) is 7.05. The van der Waals surface area contributed by atoms with Crippen molar-refractivity contribution in [3.05, 3.63) is 47.0 Å². The fraction of sp³-hybridized carbons (Fsp3) is 0.176. The molecule has 124 valence electrons. The molecule has 1 aliphatic rings. The normalized spacial score (nSPS) is 16.1. The van der Waals surface area contributed by atoms with E-state index in [2.05, 4.69) is 10.6 Å². The van der Waals surface area contributed by atoms with E-state index in [9.17, 15) is 9.59 Å².